The molecule has 1 saturated carbocycles. The molecule has 0 aromatic carbocycles. The molecule has 2 bridgehead atoms. The van der Waals surface area contributed by atoms with Gasteiger partial charge in [0.1, 0.15) is 11.5 Å². The van der Waals surface area contributed by atoms with Gasteiger partial charge in [-0.15, -0.1) is 0 Å². The van der Waals surface area contributed by atoms with Crippen LogP contribution in [0.25, 0.3) is 0 Å². The maximum atomic E-state index is 13.2. The van der Waals surface area contributed by atoms with E-state index in [4.69, 9.17) is 9.47 Å². The van der Waals surface area contributed by atoms with Gasteiger partial charge in [0.25, 0.3) is 0 Å². The van der Waals surface area contributed by atoms with E-state index in [0.29, 0.717) is 19.2 Å². The van der Waals surface area contributed by atoms with Crippen LogP contribution in [-0.4, -0.2) is 47.7 Å². The van der Waals surface area contributed by atoms with Crippen molar-refractivity contribution in [1.29, 1.82) is 0 Å². The minimum absolute atomic E-state index is 0.106. The van der Waals surface area contributed by atoms with Crippen molar-refractivity contribution >= 4 is 11.9 Å². The normalized spacial score (nSPS) is 36.9. The first-order valence-corrected chi connectivity index (χ1v) is 10.0. The summed E-state index contributed by atoms with van der Waals surface area (Å²) in [5, 5.41) is 0. The van der Waals surface area contributed by atoms with Crippen LogP contribution in [0.3, 0.4) is 0 Å². The molecule has 25 heavy (non-hydrogen) atoms. The maximum absolute atomic E-state index is 13.2. The summed E-state index contributed by atoms with van der Waals surface area (Å²) in [6.07, 6.45) is 12.5. The molecule has 3 aliphatic heterocycles. The molecule has 0 unspecified atom stereocenters. The third kappa shape index (κ3) is 2.80. The number of amides is 1. The molecule has 0 radical (unpaired) electrons. The highest BCUT2D eigenvalue weighted by atomic mass is 16.6. The lowest BCUT2D eigenvalue weighted by atomic mass is 9.77. The average molecular weight is 347 g/mol. The molecule has 4 atom stereocenters. The lowest BCUT2D eigenvalue weighted by molar-refractivity contribution is -0.154. The average Bonchev–Trinajstić information content (AvgIpc) is 3.28. The van der Waals surface area contributed by atoms with E-state index in [0.717, 1.165) is 32.1 Å². The molecule has 3 fully saturated rings. The Kier molecular flexibility index (Phi) is 4.61. The first-order chi connectivity index (χ1) is 12.2. The van der Waals surface area contributed by atoms with E-state index < -0.39 is 11.5 Å². The molecule has 2 saturated heterocycles. The third-order valence-electron chi connectivity index (χ3n) is 6.41. The lowest BCUT2D eigenvalue weighted by Crippen LogP contribution is -2.42. The number of likely N-dealkylation sites (tertiary alicyclic amines) is 1. The summed E-state index contributed by atoms with van der Waals surface area (Å²) in [7, 11) is 0. The van der Waals surface area contributed by atoms with Crippen molar-refractivity contribution in [3.05, 3.63) is 12.2 Å². The number of fused-ring (bicyclic) bond motifs is 1. The van der Waals surface area contributed by atoms with Crippen molar-refractivity contribution in [3.8, 4) is 0 Å². The topological polar surface area (TPSA) is 55.8 Å². The number of carbonyl (C=O) groups excluding carboxylic acids is 2. The van der Waals surface area contributed by atoms with Crippen molar-refractivity contribution in [2.75, 3.05) is 13.2 Å². The van der Waals surface area contributed by atoms with Gasteiger partial charge in [0.15, 0.2) is 0 Å². The van der Waals surface area contributed by atoms with E-state index in [-0.39, 0.29) is 23.9 Å². The fraction of sp³-hybridized carbons (Fsp3) is 0.800. The Balaban J connectivity index is 1.47. The SMILES string of the molecule is CCCCCOC(=O)[C@@H]1[C@@H]2C=C[C@@]3(CN(C4CCCCC4)C(=O)[C@@H]13)O2. The highest BCUT2D eigenvalue weighted by molar-refractivity contribution is 5.91. The third-order valence-corrected chi connectivity index (χ3v) is 6.41. The lowest BCUT2D eigenvalue weighted by Gasteiger charge is -2.32. The molecular weight excluding hydrogens is 318 g/mol. The Morgan fingerprint density at radius 3 is 2.88 bits per heavy atom. The Morgan fingerprint density at radius 1 is 1.32 bits per heavy atom. The van der Waals surface area contributed by atoms with Gasteiger partial charge in [-0.25, -0.2) is 0 Å². The second-order valence-electron chi connectivity index (χ2n) is 8.03. The molecule has 0 N–H and O–H groups in total. The number of esters is 1. The zero-order valence-electron chi connectivity index (χ0n) is 15.1. The summed E-state index contributed by atoms with van der Waals surface area (Å²) < 4.78 is 11.7. The van der Waals surface area contributed by atoms with E-state index >= 15 is 0 Å². The zero-order chi connectivity index (χ0) is 17.4. The minimum atomic E-state index is -0.591. The van der Waals surface area contributed by atoms with Crippen molar-refractivity contribution in [3.63, 3.8) is 0 Å². The quantitative estimate of drug-likeness (QED) is 0.421. The highest BCUT2D eigenvalue weighted by Crippen LogP contribution is 2.53. The van der Waals surface area contributed by atoms with Crippen LogP contribution in [0.15, 0.2) is 12.2 Å². The van der Waals surface area contributed by atoms with Crippen LogP contribution in [-0.2, 0) is 19.1 Å². The van der Waals surface area contributed by atoms with E-state index in [1.807, 2.05) is 17.1 Å². The Labute approximate surface area is 149 Å². The first kappa shape index (κ1) is 17.1. The molecule has 0 aromatic rings. The highest BCUT2D eigenvalue weighted by Gasteiger charge is 2.67. The second kappa shape index (κ2) is 6.75. The van der Waals surface area contributed by atoms with Crippen molar-refractivity contribution < 1.29 is 19.1 Å². The molecular formula is C20H29NO4. The van der Waals surface area contributed by atoms with Gasteiger partial charge >= 0.3 is 5.97 Å². The molecule has 1 spiro atoms. The van der Waals surface area contributed by atoms with E-state index in [1.165, 1.54) is 19.3 Å². The summed E-state index contributed by atoms with van der Waals surface area (Å²) in [5.41, 5.74) is -0.591. The number of carbonyl (C=O) groups is 2. The standard InChI is InChI=1S/C20H29NO4/c1-2-3-7-12-24-19(23)16-15-10-11-20(25-15)13-21(18(22)17(16)20)14-8-5-4-6-9-14/h10-11,14-17H,2-9,12-13H2,1H3/t15-,16+,17+,20-/m0/s1. The summed E-state index contributed by atoms with van der Waals surface area (Å²) in [4.78, 5) is 27.8. The predicted octanol–water partition coefficient (Wildman–Crippen LogP) is 2.83. The second-order valence-corrected chi connectivity index (χ2v) is 8.03. The summed E-state index contributed by atoms with van der Waals surface area (Å²) >= 11 is 0. The van der Waals surface area contributed by atoms with E-state index in [2.05, 4.69) is 6.92 Å². The molecule has 0 aromatic heterocycles. The summed E-state index contributed by atoms with van der Waals surface area (Å²) in [6.45, 7) is 3.17. The summed E-state index contributed by atoms with van der Waals surface area (Å²) in [5.74, 6) is -0.999. The number of nitrogens with zero attached hydrogens (tertiary/aromatic N) is 1. The van der Waals surface area contributed by atoms with Gasteiger partial charge < -0.3 is 14.4 Å². The Bertz CT molecular complexity index is 568. The maximum Gasteiger partial charge on any atom is 0.312 e. The van der Waals surface area contributed by atoms with Gasteiger partial charge in [0.2, 0.25) is 5.91 Å². The minimum Gasteiger partial charge on any atom is -0.465 e. The van der Waals surface area contributed by atoms with Gasteiger partial charge in [0, 0.05) is 6.04 Å². The van der Waals surface area contributed by atoms with Gasteiger partial charge in [0.05, 0.1) is 25.2 Å². The molecule has 1 amide bonds. The number of hydrogen-bond donors (Lipinski definition) is 0. The first-order valence-electron chi connectivity index (χ1n) is 10.0. The van der Waals surface area contributed by atoms with Crippen LogP contribution in [0.5, 0.6) is 0 Å². The van der Waals surface area contributed by atoms with Crippen molar-refractivity contribution in [2.24, 2.45) is 11.8 Å². The molecule has 4 aliphatic rings. The predicted molar refractivity (Wildman–Crippen MR) is 92.8 cm³/mol. The number of rotatable bonds is 6. The van der Waals surface area contributed by atoms with Gasteiger partial charge in [-0.3, -0.25) is 9.59 Å². The van der Waals surface area contributed by atoms with Crippen molar-refractivity contribution in [2.45, 2.75) is 76.0 Å². The number of hydrogen-bond acceptors (Lipinski definition) is 4. The molecule has 3 heterocycles. The van der Waals surface area contributed by atoms with Crippen LogP contribution < -0.4 is 0 Å². The summed E-state index contributed by atoms with van der Waals surface area (Å²) in [6, 6.07) is 0.318. The van der Waals surface area contributed by atoms with E-state index in [1.54, 1.807) is 0 Å². The van der Waals surface area contributed by atoms with Gasteiger partial charge in [-0.1, -0.05) is 51.2 Å². The Morgan fingerprint density at radius 2 is 2.12 bits per heavy atom. The molecule has 5 heteroatoms. The number of ether oxygens (including phenoxy) is 2. The molecule has 138 valence electrons. The van der Waals surface area contributed by atoms with Crippen LogP contribution in [0.1, 0.15) is 58.3 Å². The van der Waals surface area contributed by atoms with Gasteiger partial charge in [-0.2, -0.15) is 0 Å². The van der Waals surface area contributed by atoms with Gasteiger partial charge in [-0.05, 0) is 19.3 Å². The zero-order valence-corrected chi connectivity index (χ0v) is 15.1. The smallest absolute Gasteiger partial charge is 0.312 e. The molecule has 1 aliphatic carbocycles. The molecule has 5 nitrogen and oxygen atoms in total. The fourth-order valence-corrected chi connectivity index (χ4v) is 5.12. The number of unbranched alkanes of at least 4 members (excludes halogenated alkanes) is 2. The fourth-order valence-electron chi connectivity index (χ4n) is 5.12. The van der Waals surface area contributed by atoms with Crippen molar-refractivity contribution in [1.82, 2.24) is 4.90 Å². The van der Waals surface area contributed by atoms with Crippen LogP contribution in [0.4, 0.5) is 0 Å². The van der Waals surface area contributed by atoms with Crippen LogP contribution >= 0.6 is 0 Å². The Hall–Kier alpha value is -1.36. The van der Waals surface area contributed by atoms with E-state index in [9.17, 15) is 9.59 Å². The molecule has 4 rings (SSSR count). The monoisotopic (exact) mass is 347 g/mol. The van der Waals surface area contributed by atoms with Crippen LogP contribution in [0.2, 0.25) is 0 Å². The van der Waals surface area contributed by atoms with Crippen LogP contribution in [0, 0.1) is 11.8 Å². The largest absolute Gasteiger partial charge is 0.465 e.